The largest absolute Gasteiger partial charge is 0.385 e. The van der Waals surface area contributed by atoms with Gasteiger partial charge in [0.15, 0.2) is 0 Å². The molecule has 0 amide bonds. The predicted molar refractivity (Wildman–Crippen MR) is 76.3 cm³/mol. The quantitative estimate of drug-likeness (QED) is 0.493. The Labute approximate surface area is 111 Å². The second kappa shape index (κ2) is 6.56. The van der Waals surface area contributed by atoms with Crippen LogP contribution in [0.1, 0.15) is 6.42 Å². The molecule has 1 heterocycles. The van der Waals surface area contributed by atoms with Crippen LogP contribution in [0, 0.1) is 0 Å². The molecule has 96 valence electrons. The Hall–Kier alpha value is -1.33. The minimum Gasteiger partial charge on any atom is -0.385 e. The van der Waals surface area contributed by atoms with E-state index in [1.807, 2.05) is 25.2 Å². The van der Waals surface area contributed by atoms with E-state index in [0.717, 1.165) is 34.7 Å². The van der Waals surface area contributed by atoms with Crippen molar-refractivity contribution in [2.45, 2.75) is 11.4 Å². The van der Waals surface area contributed by atoms with E-state index < -0.39 is 0 Å². The highest BCUT2D eigenvalue weighted by Gasteiger charge is 2.06. The molecular weight excluding hydrogens is 246 g/mol. The molecule has 0 saturated carbocycles. The number of anilines is 1. The smallest absolute Gasteiger partial charge is 0.224 e. The fourth-order valence-electron chi connectivity index (χ4n) is 1.64. The standard InChI is InChI=1S/C13H17N3OS/c1-14-13-15-11-7-4-3-6-10(11)12(16-13)18-9-5-8-17-2/h3-4,6-7H,5,8-9H2,1-2H3,(H,14,15,16). The van der Waals surface area contributed by atoms with Gasteiger partial charge in [0.25, 0.3) is 0 Å². The highest BCUT2D eigenvalue weighted by Crippen LogP contribution is 2.26. The number of hydrogen-bond acceptors (Lipinski definition) is 5. The van der Waals surface area contributed by atoms with Crippen LogP contribution >= 0.6 is 11.8 Å². The van der Waals surface area contributed by atoms with Crippen molar-refractivity contribution in [2.24, 2.45) is 0 Å². The SMILES string of the molecule is CNc1nc(SCCCOC)c2ccccc2n1. The van der Waals surface area contributed by atoms with Crippen LogP contribution in [0.2, 0.25) is 0 Å². The number of hydrogen-bond donors (Lipinski definition) is 1. The van der Waals surface area contributed by atoms with Crippen LogP contribution in [0.4, 0.5) is 5.95 Å². The summed E-state index contributed by atoms with van der Waals surface area (Å²) < 4.78 is 5.05. The first kappa shape index (κ1) is 13.1. The van der Waals surface area contributed by atoms with Crippen LogP contribution in [0.5, 0.6) is 0 Å². The molecule has 0 saturated heterocycles. The highest BCUT2D eigenvalue weighted by molar-refractivity contribution is 7.99. The van der Waals surface area contributed by atoms with Gasteiger partial charge in [0.05, 0.1) is 5.52 Å². The average molecular weight is 263 g/mol. The van der Waals surface area contributed by atoms with Crippen molar-refractivity contribution >= 4 is 28.6 Å². The monoisotopic (exact) mass is 263 g/mol. The van der Waals surface area contributed by atoms with Crippen molar-refractivity contribution in [3.63, 3.8) is 0 Å². The van der Waals surface area contributed by atoms with Crippen LogP contribution < -0.4 is 5.32 Å². The van der Waals surface area contributed by atoms with Gasteiger partial charge in [0.2, 0.25) is 5.95 Å². The van der Waals surface area contributed by atoms with Crippen LogP contribution in [-0.4, -0.2) is 36.5 Å². The zero-order valence-electron chi connectivity index (χ0n) is 10.6. The van der Waals surface area contributed by atoms with Crippen molar-refractivity contribution in [3.8, 4) is 0 Å². The van der Waals surface area contributed by atoms with Crippen LogP contribution in [-0.2, 0) is 4.74 Å². The van der Waals surface area contributed by atoms with Gasteiger partial charge >= 0.3 is 0 Å². The number of para-hydroxylation sites is 1. The van der Waals surface area contributed by atoms with Gasteiger partial charge in [-0.3, -0.25) is 0 Å². The zero-order chi connectivity index (χ0) is 12.8. The van der Waals surface area contributed by atoms with Crippen molar-refractivity contribution in [1.29, 1.82) is 0 Å². The summed E-state index contributed by atoms with van der Waals surface area (Å²) >= 11 is 1.75. The molecule has 1 aromatic heterocycles. The highest BCUT2D eigenvalue weighted by atomic mass is 32.2. The molecule has 5 heteroatoms. The Kier molecular flexibility index (Phi) is 4.78. The number of rotatable bonds is 6. The second-order valence-electron chi connectivity index (χ2n) is 3.81. The van der Waals surface area contributed by atoms with Gasteiger partial charge in [-0.15, -0.1) is 11.8 Å². The Balaban J connectivity index is 2.23. The fourth-order valence-corrected chi connectivity index (χ4v) is 2.58. The molecule has 2 aromatic rings. The van der Waals surface area contributed by atoms with Gasteiger partial charge in [-0.25, -0.2) is 9.97 Å². The van der Waals surface area contributed by atoms with Crippen molar-refractivity contribution in [2.75, 3.05) is 31.8 Å². The third kappa shape index (κ3) is 3.11. The molecule has 1 N–H and O–H groups in total. The van der Waals surface area contributed by atoms with E-state index in [2.05, 4.69) is 21.4 Å². The lowest BCUT2D eigenvalue weighted by molar-refractivity contribution is 0.200. The van der Waals surface area contributed by atoms with Gasteiger partial charge in [0.1, 0.15) is 5.03 Å². The molecule has 18 heavy (non-hydrogen) atoms. The van der Waals surface area contributed by atoms with E-state index in [1.54, 1.807) is 18.9 Å². The first-order valence-corrected chi connectivity index (χ1v) is 6.90. The molecule has 0 aliphatic carbocycles. The van der Waals surface area contributed by atoms with Crippen molar-refractivity contribution in [1.82, 2.24) is 9.97 Å². The molecule has 0 aliphatic heterocycles. The minimum atomic E-state index is 0.669. The van der Waals surface area contributed by atoms with E-state index in [1.165, 1.54) is 0 Å². The molecule has 0 spiro atoms. The normalized spacial score (nSPS) is 10.8. The van der Waals surface area contributed by atoms with E-state index >= 15 is 0 Å². The summed E-state index contributed by atoms with van der Waals surface area (Å²) in [5.41, 5.74) is 0.978. The number of methoxy groups -OCH3 is 1. The Morgan fingerprint density at radius 2 is 2.11 bits per heavy atom. The maximum atomic E-state index is 5.05. The van der Waals surface area contributed by atoms with Gasteiger partial charge in [-0.2, -0.15) is 0 Å². The van der Waals surface area contributed by atoms with E-state index in [-0.39, 0.29) is 0 Å². The second-order valence-corrected chi connectivity index (χ2v) is 4.90. The molecule has 4 nitrogen and oxygen atoms in total. The maximum absolute atomic E-state index is 5.05. The van der Waals surface area contributed by atoms with Crippen molar-refractivity contribution in [3.05, 3.63) is 24.3 Å². The predicted octanol–water partition coefficient (Wildman–Crippen LogP) is 2.80. The lowest BCUT2D eigenvalue weighted by Gasteiger charge is -2.07. The number of benzene rings is 1. The summed E-state index contributed by atoms with van der Waals surface area (Å²) in [6.45, 7) is 0.787. The summed E-state index contributed by atoms with van der Waals surface area (Å²) in [6.07, 6.45) is 1.02. The summed E-state index contributed by atoms with van der Waals surface area (Å²) in [7, 11) is 3.56. The first-order chi connectivity index (χ1) is 8.85. The van der Waals surface area contributed by atoms with Crippen LogP contribution in [0.15, 0.2) is 29.3 Å². The molecular formula is C13H17N3OS. The number of thioether (sulfide) groups is 1. The number of fused-ring (bicyclic) bond motifs is 1. The summed E-state index contributed by atoms with van der Waals surface area (Å²) in [4.78, 5) is 8.96. The Morgan fingerprint density at radius 3 is 2.89 bits per heavy atom. The summed E-state index contributed by atoms with van der Waals surface area (Å²) in [5, 5.41) is 5.14. The van der Waals surface area contributed by atoms with E-state index in [0.29, 0.717) is 5.95 Å². The molecule has 0 aliphatic rings. The van der Waals surface area contributed by atoms with Gasteiger partial charge in [-0.1, -0.05) is 18.2 Å². The Morgan fingerprint density at radius 1 is 1.28 bits per heavy atom. The molecule has 2 rings (SSSR count). The number of ether oxygens (including phenoxy) is 1. The lowest BCUT2D eigenvalue weighted by atomic mass is 10.2. The Bertz CT molecular complexity index is 519. The first-order valence-electron chi connectivity index (χ1n) is 5.91. The number of nitrogens with zero attached hydrogens (tertiary/aromatic N) is 2. The van der Waals surface area contributed by atoms with Crippen LogP contribution in [0.25, 0.3) is 10.9 Å². The zero-order valence-corrected chi connectivity index (χ0v) is 11.5. The molecule has 0 fully saturated rings. The maximum Gasteiger partial charge on any atom is 0.224 e. The van der Waals surface area contributed by atoms with Gasteiger partial charge in [-0.05, 0) is 12.5 Å². The molecule has 1 aromatic carbocycles. The van der Waals surface area contributed by atoms with Crippen LogP contribution in [0.3, 0.4) is 0 Å². The molecule has 0 unspecified atom stereocenters. The molecule has 0 atom stereocenters. The summed E-state index contributed by atoms with van der Waals surface area (Å²) in [6, 6.07) is 8.09. The van der Waals surface area contributed by atoms with E-state index in [9.17, 15) is 0 Å². The minimum absolute atomic E-state index is 0.669. The average Bonchev–Trinajstić information content (AvgIpc) is 2.43. The topological polar surface area (TPSA) is 47.0 Å². The lowest BCUT2D eigenvalue weighted by Crippen LogP contribution is -1.99. The van der Waals surface area contributed by atoms with Gasteiger partial charge < -0.3 is 10.1 Å². The van der Waals surface area contributed by atoms with Gasteiger partial charge in [0, 0.05) is 31.9 Å². The van der Waals surface area contributed by atoms with E-state index in [4.69, 9.17) is 4.74 Å². The molecule has 0 radical (unpaired) electrons. The van der Waals surface area contributed by atoms with Crippen molar-refractivity contribution < 1.29 is 4.74 Å². The third-order valence-corrected chi connectivity index (χ3v) is 3.60. The number of nitrogens with one attached hydrogen (secondary N) is 1. The molecule has 0 bridgehead atoms. The third-order valence-electron chi connectivity index (χ3n) is 2.52. The summed E-state index contributed by atoms with van der Waals surface area (Å²) in [5.74, 6) is 1.67. The number of aromatic nitrogens is 2. The fraction of sp³-hybridized carbons (Fsp3) is 0.385.